The predicted molar refractivity (Wildman–Crippen MR) is 141 cm³/mol. The van der Waals surface area contributed by atoms with Gasteiger partial charge in [0.1, 0.15) is 12.5 Å². The molecule has 0 N–H and O–H groups in total. The van der Waals surface area contributed by atoms with Gasteiger partial charge in [0.15, 0.2) is 0 Å². The van der Waals surface area contributed by atoms with Crippen LogP contribution in [-0.4, -0.2) is 35.8 Å². The van der Waals surface area contributed by atoms with Gasteiger partial charge < -0.3 is 14.0 Å². The molecule has 2 heterocycles. The quantitative estimate of drug-likeness (QED) is 0.244. The number of carbonyl (C=O) groups excluding carboxylic acids is 1. The van der Waals surface area contributed by atoms with Crippen molar-refractivity contribution >= 4 is 44.6 Å². The first-order valence-electron chi connectivity index (χ1n) is 12.1. The second kappa shape index (κ2) is 10.3. The van der Waals surface area contributed by atoms with E-state index in [-0.39, 0.29) is 5.97 Å². The Morgan fingerprint density at radius 1 is 1.21 bits per heavy atom. The maximum atomic E-state index is 13.5. The van der Waals surface area contributed by atoms with Crippen LogP contribution in [0.15, 0.2) is 45.8 Å². The third-order valence-corrected chi connectivity index (χ3v) is 8.41. The fraction of sp³-hybridized carbons (Fsp3) is 0.444. The molecule has 0 amide bonds. The zero-order valence-electron chi connectivity index (χ0n) is 19.8. The molecule has 1 saturated carbocycles. The minimum absolute atomic E-state index is 0.233. The number of halogens is 1. The zero-order chi connectivity index (χ0) is 23.7. The number of nitrogens with zero attached hydrogens (tertiary/aromatic N) is 2. The van der Waals surface area contributed by atoms with Crippen LogP contribution in [0, 0.1) is 0 Å². The molecule has 0 saturated heterocycles. The molecule has 3 aromatic rings. The van der Waals surface area contributed by atoms with E-state index in [1.807, 2.05) is 20.0 Å². The monoisotopic (exact) mass is 542 g/mol. The molecule has 2 aliphatic rings. The molecular weight excluding hydrogens is 512 g/mol. The molecule has 180 valence electrons. The summed E-state index contributed by atoms with van der Waals surface area (Å²) in [5.41, 5.74) is 3.97. The fourth-order valence-corrected chi connectivity index (χ4v) is 6.84. The summed E-state index contributed by atoms with van der Waals surface area (Å²) in [6, 6.07) is 13.0. The Labute approximate surface area is 213 Å². The van der Waals surface area contributed by atoms with Crippen molar-refractivity contribution in [2.45, 2.75) is 62.3 Å². The Bertz CT molecular complexity index is 1190. The van der Waals surface area contributed by atoms with Gasteiger partial charge in [-0.3, -0.25) is 4.90 Å². The van der Waals surface area contributed by atoms with Crippen molar-refractivity contribution in [1.82, 2.24) is 9.47 Å². The van der Waals surface area contributed by atoms with Crippen LogP contribution in [0.4, 0.5) is 0 Å². The average Bonchev–Trinajstić information content (AvgIpc) is 3.18. The number of hydrogen-bond acceptors (Lipinski definition) is 5. The van der Waals surface area contributed by atoms with E-state index in [9.17, 15) is 4.79 Å². The van der Waals surface area contributed by atoms with E-state index >= 15 is 0 Å². The lowest BCUT2D eigenvalue weighted by atomic mass is 9.95. The van der Waals surface area contributed by atoms with Gasteiger partial charge in [0.05, 0.1) is 22.2 Å². The van der Waals surface area contributed by atoms with E-state index in [2.05, 4.69) is 55.7 Å². The van der Waals surface area contributed by atoms with Crippen LogP contribution in [0.1, 0.15) is 66.7 Å². The molecule has 7 heteroatoms. The van der Waals surface area contributed by atoms with E-state index in [0.29, 0.717) is 30.7 Å². The number of fused-ring (bicyclic) bond motifs is 3. The molecule has 5 rings (SSSR count). The van der Waals surface area contributed by atoms with Crippen LogP contribution in [0.25, 0.3) is 10.9 Å². The lowest BCUT2D eigenvalue weighted by Crippen LogP contribution is -2.28. The number of ether oxygens (including phenoxy) is 2. The third-order valence-electron chi connectivity index (χ3n) is 6.80. The van der Waals surface area contributed by atoms with Crippen LogP contribution >= 0.6 is 27.7 Å². The highest BCUT2D eigenvalue weighted by Crippen LogP contribution is 2.46. The van der Waals surface area contributed by atoms with E-state index < -0.39 is 0 Å². The Balaban J connectivity index is 1.75. The van der Waals surface area contributed by atoms with Gasteiger partial charge in [-0.15, -0.1) is 11.8 Å². The maximum Gasteiger partial charge on any atom is 0.340 e. The summed E-state index contributed by atoms with van der Waals surface area (Å²) in [6.07, 6.45) is 6.01. The van der Waals surface area contributed by atoms with Crippen molar-refractivity contribution in [2.75, 3.05) is 20.4 Å². The predicted octanol–water partition coefficient (Wildman–Crippen LogP) is 7.16. The number of thioether (sulfide) groups is 1. The van der Waals surface area contributed by atoms with Gasteiger partial charge in [-0.05, 0) is 60.9 Å². The van der Waals surface area contributed by atoms with Gasteiger partial charge in [0.25, 0.3) is 0 Å². The highest BCUT2D eigenvalue weighted by molar-refractivity contribution is 9.10. The molecule has 0 unspecified atom stereocenters. The van der Waals surface area contributed by atoms with Crippen LogP contribution in [0.2, 0.25) is 0 Å². The normalized spacial score (nSPS) is 16.9. The SMILES string of the molecule is CCOC(=O)c1c(CSc2ccccc2)n(C2CCCCC2)c2cc(Br)c3c(c12)CN(C)CO3. The number of esters is 1. The van der Waals surface area contributed by atoms with Crippen molar-refractivity contribution in [3.63, 3.8) is 0 Å². The van der Waals surface area contributed by atoms with Crippen molar-refractivity contribution in [1.29, 1.82) is 0 Å². The maximum absolute atomic E-state index is 13.5. The molecule has 0 spiro atoms. The number of aromatic nitrogens is 1. The summed E-state index contributed by atoms with van der Waals surface area (Å²) >= 11 is 5.56. The molecule has 5 nitrogen and oxygen atoms in total. The minimum Gasteiger partial charge on any atom is -0.477 e. The Morgan fingerprint density at radius 3 is 2.71 bits per heavy atom. The largest absolute Gasteiger partial charge is 0.477 e. The van der Waals surface area contributed by atoms with Gasteiger partial charge in [-0.1, -0.05) is 37.5 Å². The fourth-order valence-electron chi connectivity index (χ4n) is 5.34. The molecule has 34 heavy (non-hydrogen) atoms. The lowest BCUT2D eigenvalue weighted by molar-refractivity contribution is 0.0527. The summed E-state index contributed by atoms with van der Waals surface area (Å²) in [4.78, 5) is 16.9. The van der Waals surface area contributed by atoms with E-state index in [0.717, 1.165) is 51.8 Å². The second-order valence-electron chi connectivity index (χ2n) is 9.15. The van der Waals surface area contributed by atoms with Crippen LogP contribution in [0.5, 0.6) is 5.75 Å². The Kier molecular flexibility index (Phi) is 7.23. The first-order chi connectivity index (χ1) is 16.6. The standard InChI is InChI=1S/C27H31BrN2O3S/c1-3-32-27(31)25-23(16-34-19-12-8-5-9-13-19)30(18-10-6-4-7-11-18)22-14-21(28)26-20(24(22)25)15-29(2)17-33-26/h5,8-9,12-14,18H,3-4,6-7,10-11,15-17H2,1-2H3. The molecule has 1 fully saturated rings. The topological polar surface area (TPSA) is 43.7 Å². The summed E-state index contributed by atoms with van der Waals surface area (Å²) in [5, 5.41) is 0.998. The zero-order valence-corrected chi connectivity index (χ0v) is 22.2. The van der Waals surface area contributed by atoms with Crippen LogP contribution < -0.4 is 4.74 Å². The average molecular weight is 544 g/mol. The highest BCUT2D eigenvalue weighted by Gasteiger charge is 2.33. The molecule has 1 aliphatic heterocycles. The van der Waals surface area contributed by atoms with Crippen LogP contribution in [0.3, 0.4) is 0 Å². The smallest absolute Gasteiger partial charge is 0.340 e. The van der Waals surface area contributed by atoms with Crippen molar-refractivity contribution in [3.8, 4) is 5.75 Å². The summed E-state index contributed by atoms with van der Waals surface area (Å²) in [6.45, 7) is 3.50. The van der Waals surface area contributed by atoms with Crippen molar-refractivity contribution < 1.29 is 14.3 Å². The van der Waals surface area contributed by atoms with Gasteiger partial charge >= 0.3 is 5.97 Å². The molecule has 1 aromatic heterocycles. The van der Waals surface area contributed by atoms with E-state index in [4.69, 9.17) is 9.47 Å². The summed E-state index contributed by atoms with van der Waals surface area (Å²) in [5.74, 6) is 1.33. The van der Waals surface area contributed by atoms with Crippen molar-refractivity contribution in [2.24, 2.45) is 0 Å². The second-order valence-corrected chi connectivity index (χ2v) is 11.1. The van der Waals surface area contributed by atoms with Gasteiger partial charge in [-0.25, -0.2) is 4.79 Å². The van der Waals surface area contributed by atoms with Crippen LogP contribution in [-0.2, 0) is 17.0 Å². The number of rotatable bonds is 6. The molecule has 2 aromatic carbocycles. The van der Waals surface area contributed by atoms with Gasteiger partial charge in [0.2, 0.25) is 0 Å². The molecule has 1 aliphatic carbocycles. The summed E-state index contributed by atoms with van der Waals surface area (Å²) < 4.78 is 15.2. The number of benzene rings is 2. The first kappa shape index (κ1) is 23.8. The number of hydrogen-bond donors (Lipinski definition) is 0. The van der Waals surface area contributed by atoms with Gasteiger partial charge in [-0.2, -0.15) is 0 Å². The first-order valence-corrected chi connectivity index (χ1v) is 13.9. The number of carbonyl (C=O) groups is 1. The van der Waals surface area contributed by atoms with Gasteiger partial charge in [0, 0.05) is 39.9 Å². The van der Waals surface area contributed by atoms with Crippen molar-refractivity contribution in [3.05, 3.63) is 57.7 Å². The third kappa shape index (κ3) is 4.50. The Hall–Kier alpha value is -1.96. The van der Waals surface area contributed by atoms with E-state index in [1.54, 1.807) is 11.8 Å². The molecular formula is C27H31BrN2O3S. The Morgan fingerprint density at radius 2 is 1.97 bits per heavy atom. The molecule has 0 radical (unpaired) electrons. The summed E-state index contributed by atoms with van der Waals surface area (Å²) in [7, 11) is 2.05. The highest BCUT2D eigenvalue weighted by atomic mass is 79.9. The molecule has 0 bridgehead atoms. The lowest BCUT2D eigenvalue weighted by Gasteiger charge is -2.28. The minimum atomic E-state index is -0.233. The molecule has 0 atom stereocenters. The van der Waals surface area contributed by atoms with E-state index in [1.165, 1.54) is 24.2 Å².